The molecule has 19 N–H and O–H groups in total. The molecule has 10 heterocycles. The molecule has 40 heteroatoms. The molecule has 13 aliphatic carbocycles. The van der Waals surface area contributed by atoms with Crippen molar-refractivity contribution in [3.8, 4) is 0 Å². The molecule has 0 aromatic heterocycles. The largest absolute Gasteiger partial charge is 0.458 e. The molecule has 18 fully saturated rings. The number of aliphatic hydroxyl groups is 19. The van der Waals surface area contributed by atoms with Gasteiger partial charge < -0.3 is 182 Å². The minimum Gasteiger partial charge on any atom is -0.458 e. The fourth-order valence-corrected chi connectivity index (χ4v) is 34.3. The molecule has 23 aliphatic rings. The number of hydrogen-bond acceptors (Lipinski definition) is 40. The van der Waals surface area contributed by atoms with Crippen LogP contribution in [0.1, 0.15) is 222 Å². The Labute approximate surface area is 854 Å². The van der Waals surface area contributed by atoms with Gasteiger partial charge in [0.2, 0.25) is 12.1 Å². The van der Waals surface area contributed by atoms with Crippen molar-refractivity contribution in [3.63, 3.8) is 0 Å². The molecule has 10 aliphatic heterocycles. The maximum atomic E-state index is 13.1. The number of aldehydes is 1. The Bertz CT molecular complexity index is 5030. The Morgan fingerprint density at radius 3 is 1.86 bits per heavy atom. The van der Waals surface area contributed by atoms with Gasteiger partial charge in [0.1, 0.15) is 135 Å². The summed E-state index contributed by atoms with van der Waals surface area (Å²) in [5, 5.41) is 204. The lowest BCUT2D eigenvalue weighted by atomic mass is 9.42. The molecule has 0 amide bonds. The van der Waals surface area contributed by atoms with Gasteiger partial charge in [-0.1, -0.05) is 52.3 Å². The third-order valence-electron chi connectivity index (χ3n) is 42.8. The first-order valence-electron chi connectivity index (χ1n) is 54.2. The van der Waals surface area contributed by atoms with Gasteiger partial charge in [0, 0.05) is 76.9 Å². The van der Waals surface area contributed by atoms with Crippen molar-refractivity contribution in [2.24, 2.45) is 85.8 Å². The number of carbonyl (C=O) groups is 4. The van der Waals surface area contributed by atoms with Crippen LogP contribution in [0.4, 0.5) is 0 Å². The number of epoxide rings is 1. The molecule has 0 radical (unpaired) electrons. The first-order valence-corrected chi connectivity index (χ1v) is 54.2. The number of rotatable bonds is 19. The molecule has 40 nitrogen and oxygen atoms in total. The van der Waals surface area contributed by atoms with Gasteiger partial charge in [-0.05, 0) is 244 Å². The summed E-state index contributed by atoms with van der Waals surface area (Å²) in [6.45, 7) is 13.5. The molecule has 16 unspecified atom stereocenters. The van der Waals surface area contributed by atoms with Crippen molar-refractivity contribution in [2.75, 3.05) is 53.4 Å². The Morgan fingerprint density at radius 1 is 0.497 bits per heavy atom. The number of methoxy groups -OCH3 is 1. The molecule has 2 spiro atoms. The van der Waals surface area contributed by atoms with E-state index in [-0.39, 0.29) is 131 Å². The maximum absolute atomic E-state index is 13.1. The third kappa shape index (κ3) is 17.0. The van der Waals surface area contributed by atoms with E-state index in [0.29, 0.717) is 94.8 Å². The number of ether oxygens (including phenoxy) is 17. The Morgan fingerprint density at radius 2 is 1.17 bits per heavy atom. The van der Waals surface area contributed by atoms with E-state index in [4.69, 9.17) is 80.5 Å². The normalized spacial score (nSPS) is 54.8. The number of aliphatic hydroxyl groups excluding tert-OH is 15. The smallest absolute Gasteiger partial charge is 0.331 e. The SMILES string of the molecule is COC1CC(O[C@H]2CC[C@@]3(C)C(CCC45OC46CC=C(C4=CC(=O)OC4)[C@@]6(C)CCC53)C2)OC(C)C1O[C@@H]1C[C@H](CO[C@@H]2O[C@H](CO)[C@@H](O)[C@H](O)[C@H]2O)[C@@H](O)[C@H](O)[C@H]1O.C[C@@H]1C[C@@H](O)[C@]2(O)OC3C[C@@]4(C=O)C(CCC5C4CC[C@]4(C)[C@@](O)(C6=CC(=O)OC6)CC[C@]54O)C[C@H]3OC2O1.C[C@]12CC[C@H](O[C@@H]3O[C@H](CO)[C@@H](O)[C@H](O)[C@H]3OC3O[C@H](CO)[C@@H](O)[C@H](O)[C@H]3O)CC1=CCC1C2CC[C@]2(C)[C@H](C3=CC(=O)OC3)CC[C@]12O. The van der Waals surface area contributed by atoms with Crippen molar-refractivity contribution in [1.29, 1.82) is 0 Å². The summed E-state index contributed by atoms with van der Waals surface area (Å²) >= 11 is 0. The molecular weight excluding hydrogens is 1930 g/mol. The predicted octanol–water partition coefficient (Wildman–Crippen LogP) is 0.820. The summed E-state index contributed by atoms with van der Waals surface area (Å²) in [6.07, 6.45) is -4.69. The van der Waals surface area contributed by atoms with E-state index >= 15 is 0 Å². The van der Waals surface area contributed by atoms with Gasteiger partial charge in [-0.2, -0.15) is 0 Å². The van der Waals surface area contributed by atoms with Crippen molar-refractivity contribution in [3.05, 3.63) is 58.2 Å². The molecule has 0 bridgehead atoms. The summed E-state index contributed by atoms with van der Waals surface area (Å²) in [4.78, 5) is 48.9. The molecule has 824 valence electrons. The van der Waals surface area contributed by atoms with Gasteiger partial charge in [0.05, 0.1) is 98.2 Å². The van der Waals surface area contributed by atoms with E-state index < -0.39 is 225 Å². The van der Waals surface area contributed by atoms with Crippen molar-refractivity contribution in [1.82, 2.24) is 0 Å². The topological polar surface area (TPSA) is 613 Å². The standard InChI is InChI=1S/C43H64O16.C35H52O14.C29H40O10/c1-20-38(57-26-13-22(32(46)35(49)33(26)47)19-54-39-37(51)36(50)34(48)28(17-44)58-39)27(52-4)16-31(55-20)56-24-6-9-40(2)23(15-24)5-11-42-29(40)8-10-41(3)25(7-12-43(41,42)59-42)21-14-30(45)53-18-21;1-33-8-5-18(46-32-30(28(42)26(40)23(14-37)48-32)49-31-29(43)27(41)25(39)22(13-36)47-31)12-17(33)3-4-21-20(33)6-9-34(2)19(7-10-35(21,34)44)16-11-24(38)45-15-16;1-15-9-22(31)29(35)24(37-15)38-20-10-16-3-4-19-18(26(16,14-30)12-21(20)39-29)5-6-25(2)27(33,7-8-28(19,25)34)17-11-23(32)36-13-17/h7,14,20,22-24,26-29,31-39,44,46-51H,5-6,8-13,15-19H2,1-4H3;3,11,18-23,25-32,36-37,39-44H,4-10,12-15H2,1-2H3;11,14-16,18-22,24,31,33-35H,3-10,12-13H2,1-2H3/t20?,22-,23?,24+,26-,27?,28-,29?,31?,32-,33+,34-,35+,36+,37-,38?,39-,40+,41-,42?,43?;18-,19-,20?,21?,22+,23+,25+,26+,27-,28-,29+,30+,31?,32+,33-,34+,35-;15-,16?,18?,19?,20-,21?,22-,24?,25-,26-,27+,28+,29+/m101/s1. The quantitative estimate of drug-likeness (QED) is 0.0213. The molecule has 0 aromatic carbocycles. The van der Waals surface area contributed by atoms with Crippen LogP contribution in [0.25, 0.3) is 0 Å². The summed E-state index contributed by atoms with van der Waals surface area (Å²) in [5.41, 5.74) is -0.947. The number of hydrogen-bond donors (Lipinski definition) is 19. The summed E-state index contributed by atoms with van der Waals surface area (Å²) < 4.78 is 101. The second-order valence-electron chi connectivity index (χ2n) is 49.1. The number of allylic oxidation sites excluding steroid dienone is 1. The number of cyclic esters (lactones) is 3. The fourth-order valence-electron chi connectivity index (χ4n) is 34.3. The summed E-state index contributed by atoms with van der Waals surface area (Å²) in [5.74, 6) is -2.74. The zero-order valence-corrected chi connectivity index (χ0v) is 85.1. The molecule has 51 atom stereocenters. The van der Waals surface area contributed by atoms with Crippen LogP contribution < -0.4 is 0 Å². The second-order valence-corrected chi connectivity index (χ2v) is 49.1. The van der Waals surface area contributed by atoms with E-state index in [1.807, 2.05) is 20.8 Å². The Hall–Kier alpha value is -4.54. The summed E-state index contributed by atoms with van der Waals surface area (Å²) in [6, 6.07) is 0. The van der Waals surface area contributed by atoms with Gasteiger partial charge in [-0.15, -0.1) is 0 Å². The van der Waals surface area contributed by atoms with Crippen molar-refractivity contribution < 1.29 is 197 Å². The lowest BCUT2D eigenvalue weighted by Gasteiger charge is -2.65. The van der Waals surface area contributed by atoms with Gasteiger partial charge >= 0.3 is 17.9 Å². The van der Waals surface area contributed by atoms with Crippen molar-refractivity contribution in [2.45, 2.75) is 440 Å². The van der Waals surface area contributed by atoms with Crippen LogP contribution in [0.3, 0.4) is 0 Å². The minimum absolute atomic E-state index is 0.0186. The van der Waals surface area contributed by atoms with E-state index in [0.717, 1.165) is 114 Å². The average Bonchev–Trinajstić information content (AvgIpc) is 1.45. The minimum atomic E-state index is -2.00. The lowest BCUT2D eigenvalue weighted by molar-refractivity contribution is -0.457. The molecule has 7 saturated heterocycles. The second kappa shape index (κ2) is 39.6. The van der Waals surface area contributed by atoms with E-state index in [1.54, 1.807) is 19.3 Å². The molecular formula is C107H156O40. The average molecular weight is 2080 g/mol. The maximum Gasteiger partial charge on any atom is 0.331 e. The van der Waals surface area contributed by atoms with Gasteiger partial charge in [-0.3, -0.25) is 0 Å². The van der Waals surface area contributed by atoms with Crippen molar-refractivity contribution >= 4 is 24.2 Å². The Balaban J connectivity index is 0.000000132. The zero-order chi connectivity index (χ0) is 104. The van der Waals surface area contributed by atoms with E-state index in [9.17, 15) is 116 Å². The lowest BCUT2D eigenvalue weighted by Crippen LogP contribution is -2.71. The highest BCUT2D eigenvalue weighted by Crippen LogP contribution is 2.81. The van der Waals surface area contributed by atoms with Crippen LogP contribution in [-0.2, 0) is 99.7 Å². The van der Waals surface area contributed by atoms with Crippen LogP contribution in [0.2, 0.25) is 0 Å². The molecule has 0 aromatic rings. The van der Waals surface area contributed by atoms with Crippen LogP contribution in [0.15, 0.2) is 58.2 Å². The highest BCUT2D eigenvalue weighted by Gasteiger charge is 2.86. The highest BCUT2D eigenvalue weighted by molar-refractivity contribution is 5.87. The number of fused-ring (bicyclic) bond motifs is 14. The fraction of sp³-hybridized carbons (Fsp3) is 0.869. The third-order valence-corrected chi connectivity index (χ3v) is 42.8. The number of esters is 3. The van der Waals surface area contributed by atoms with Crippen LogP contribution in [0, 0.1) is 85.8 Å². The van der Waals surface area contributed by atoms with Crippen LogP contribution in [0.5, 0.6) is 0 Å². The van der Waals surface area contributed by atoms with E-state index in [1.165, 1.54) is 17.2 Å². The van der Waals surface area contributed by atoms with Crippen LogP contribution >= 0.6 is 0 Å². The first kappa shape index (κ1) is 108. The summed E-state index contributed by atoms with van der Waals surface area (Å²) in [7, 11) is 1.59. The monoisotopic (exact) mass is 2080 g/mol. The van der Waals surface area contributed by atoms with E-state index in [2.05, 4.69) is 39.8 Å². The van der Waals surface area contributed by atoms with Gasteiger partial charge in [0.25, 0.3) is 0 Å². The first-order chi connectivity index (χ1) is 69.7. The zero-order valence-electron chi connectivity index (χ0n) is 85.1. The number of carbonyl (C=O) groups excluding carboxylic acids is 4. The molecule has 11 saturated carbocycles. The van der Waals surface area contributed by atoms with Crippen LogP contribution in [-0.4, -0.2) is 392 Å². The van der Waals surface area contributed by atoms with Gasteiger partial charge in [0.15, 0.2) is 25.2 Å². The Kier molecular flexibility index (Phi) is 29.1. The van der Waals surface area contributed by atoms with Gasteiger partial charge in [-0.25, -0.2) is 14.4 Å². The highest BCUT2D eigenvalue weighted by atomic mass is 16.8. The predicted molar refractivity (Wildman–Crippen MR) is 503 cm³/mol. The molecule has 23 rings (SSSR count). The molecule has 147 heavy (non-hydrogen) atoms.